The van der Waals surface area contributed by atoms with E-state index >= 15 is 0 Å². The number of pyridine rings is 1. The van der Waals surface area contributed by atoms with Gasteiger partial charge in [0.2, 0.25) is 0 Å². The van der Waals surface area contributed by atoms with Crippen molar-refractivity contribution in [3.05, 3.63) is 69.3 Å². The second kappa shape index (κ2) is 7.82. The van der Waals surface area contributed by atoms with Gasteiger partial charge in [0.25, 0.3) is 5.56 Å². The number of aromatic nitrogens is 1. The minimum atomic E-state index is -0.0663. The maximum Gasteiger partial charge on any atom is 0.266 e. The number of aliphatic hydroxyl groups excluding tert-OH is 1. The maximum atomic E-state index is 12.3. The molecule has 0 saturated heterocycles. The van der Waals surface area contributed by atoms with Crippen molar-refractivity contribution in [2.24, 2.45) is 0 Å². The van der Waals surface area contributed by atoms with Crippen LogP contribution in [-0.2, 0) is 6.61 Å². The summed E-state index contributed by atoms with van der Waals surface area (Å²) in [6, 6.07) is 14.4. The number of fused-ring (bicyclic) bond motifs is 3. The Morgan fingerprint density at radius 3 is 2.56 bits per heavy atom. The third-order valence-electron chi connectivity index (χ3n) is 4.98. The lowest BCUT2D eigenvalue weighted by molar-refractivity contribution is 0.282. The van der Waals surface area contributed by atoms with E-state index in [1.165, 1.54) is 16.9 Å². The van der Waals surface area contributed by atoms with Crippen molar-refractivity contribution in [3.63, 3.8) is 0 Å². The molecule has 0 radical (unpaired) electrons. The summed E-state index contributed by atoms with van der Waals surface area (Å²) in [5.74, 6) is 0. The first-order valence-electron chi connectivity index (χ1n) is 8.57. The quantitative estimate of drug-likeness (QED) is 0.469. The monoisotopic (exact) mass is 400 g/mol. The van der Waals surface area contributed by atoms with Crippen molar-refractivity contribution >= 4 is 44.7 Å². The SMILES string of the molecule is CN[C@@H](C)c1ccc(-c2c(CO)ccc3[nH]c(=O)c4sccc4c23)cc1.Cl. The van der Waals surface area contributed by atoms with Gasteiger partial charge in [-0.25, -0.2) is 0 Å². The van der Waals surface area contributed by atoms with E-state index in [-0.39, 0.29) is 30.6 Å². The molecule has 3 N–H and O–H groups in total. The first kappa shape index (κ1) is 19.6. The zero-order valence-corrected chi connectivity index (χ0v) is 16.7. The van der Waals surface area contributed by atoms with Gasteiger partial charge in [-0.3, -0.25) is 4.79 Å². The summed E-state index contributed by atoms with van der Waals surface area (Å²) in [7, 11) is 1.94. The number of nitrogens with one attached hydrogen (secondary N) is 2. The number of hydrogen-bond acceptors (Lipinski definition) is 4. The predicted octanol–water partition coefficient (Wildman–Crippen LogP) is 4.60. The van der Waals surface area contributed by atoms with Crippen LogP contribution in [0.25, 0.3) is 32.1 Å². The van der Waals surface area contributed by atoms with Crippen molar-refractivity contribution < 1.29 is 5.11 Å². The summed E-state index contributed by atoms with van der Waals surface area (Å²) >= 11 is 1.44. The average Bonchev–Trinajstić information content (AvgIpc) is 3.17. The molecule has 4 nitrogen and oxygen atoms in total. The van der Waals surface area contributed by atoms with Crippen LogP contribution in [-0.4, -0.2) is 17.1 Å². The second-order valence-corrected chi connectivity index (χ2v) is 7.35. The molecule has 4 rings (SSSR count). The van der Waals surface area contributed by atoms with Crippen molar-refractivity contribution in [2.45, 2.75) is 19.6 Å². The number of H-pyrrole nitrogens is 1. The first-order chi connectivity index (χ1) is 12.6. The Morgan fingerprint density at radius 2 is 1.89 bits per heavy atom. The zero-order valence-electron chi connectivity index (χ0n) is 15.1. The summed E-state index contributed by atoms with van der Waals surface area (Å²) in [5, 5.41) is 17.0. The van der Waals surface area contributed by atoms with Crippen LogP contribution < -0.4 is 10.9 Å². The van der Waals surface area contributed by atoms with Gasteiger partial charge in [-0.1, -0.05) is 30.3 Å². The van der Waals surface area contributed by atoms with Crippen LogP contribution in [0.2, 0.25) is 0 Å². The molecule has 4 aromatic rings. The third kappa shape index (κ3) is 3.28. The Bertz CT molecular complexity index is 1150. The van der Waals surface area contributed by atoms with Crippen LogP contribution in [0.5, 0.6) is 0 Å². The Labute approximate surface area is 167 Å². The second-order valence-electron chi connectivity index (χ2n) is 6.43. The molecule has 0 saturated carbocycles. The number of thiophene rings is 1. The summed E-state index contributed by atoms with van der Waals surface area (Å²) in [4.78, 5) is 15.3. The highest BCUT2D eigenvalue weighted by atomic mass is 35.5. The molecule has 2 heterocycles. The Kier molecular flexibility index (Phi) is 5.67. The third-order valence-corrected chi connectivity index (χ3v) is 5.90. The highest BCUT2D eigenvalue weighted by molar-refractivity contribution is 7.17. The molecule has 0 unspecified atom stereocenters. The van der Waals surface area contributed by atoms with E-state index < -0.39 is 0 Å². The van der Waals surface area contributed by atoms with Crippen molar-refractivity contribution in [1.29, 1.82) is 0 Å². The van der Waals surface area contributed by atoms with Gasteiger partial charge in [-0.2, -0.15) is 0 Å². The predicted molar refractivity (Wildman–Crippen MR) is 116 cm³/mol. The molecule has 0 amide bonds. The molecule has 2 aromatic carbocycles. The molecule has 0 fully saturated rings. The van der Waals surface area contributed by atoms with E-state index in [4.69, 9.17) is 0 Å². The van der Waals surface area contributed by atoms with Crippen LogP contribution in [0.4, 0.5) is 0 Å². The first-order valence-corrected chi connectivity index (χ1v) is 9.45. The molecule has 0 aliphatic rings. The smallest absolute Gasteiger partial charge is 0.266 e. The van der Waals surface area contributed by atoms with Crippen LogP contribution in [0.1, 0.15) is 24.1 Å². The van der Waals surface area contributed by atoms with Gasteiger partial charge in [0, 0.05) is 22.3 Å². The van der Waals surface area contributed by atoms with E-state index in [0.29, 0.717) is 4.70 Å². The minimum absolute atomic E-state index is 0. The van der Waals surface area contributed by atoms with Crippen molar-refractivity contribution in [2.75, 3.05) is 7.05 Å². The number of aromatic amines is 1. The standard InChI is InChI=1S/C21H20N2O2S.ClH/c1-12(22-2)13-3-5-14(6-4-13)18-15(11-24)7-8-17-19(18)16-9-10-26-20(16)21(25)23-17;/h3-10,12,22,24H,11H2,1-2H3,(H,23,25);1H/t12-;/m0./s1. The van der Waals surface area contributed by atoms with Crippen LogP contribution in [0.15, 0.2) is 52.6 Å². The van der Waals surface area contributed by atoms with Crippen LogP contribution >= 0.6 is 23.7 Å². The fourth-order valence-electron chi connectivity index (χ4n) is 3.46. The largest absolute Gasteiger partial charge is 0.392 e. The molecular formula is C21H21ClN2O2S. The molecule has 1 atom stereocenters. The summed E-state index contributed by atoms with van der Waals surface area (Å²) in [6.45, 7) is 2.07. The molecule has 0 aliphatic carbocycles. The molecule has 0 bridgehead atoms. The zero-order chi connectivity index (χ0) is 18.3. The topological polar surface area (TPSA) is 65.1 Å². The molecular weight excluding hydrogens is 380 g/mol. The molecule has 140 valence electrons. The van der Waals surface area contributed by atoms with Gasteiger partial charge in [0.05, 0.1) is 6.61 Å². The number of rotatable bonds is 4. The molecule has 27 heavy (non-hydrogen) atoms. The number of benzene rings is 2. The van der Waals surface area contributed by atoms with E-state index in [1.807, 2.05) is 30.6 Å². The van der Waals surface area contributed by atoms with Crippen LogP contribution in [0, 0.1) is 0 Å². The van der Waals surface area contributed by atoms with E-state index in [0.717, 1.165) is 33.0 Å². The number of aliphatic hydroxyl groups is 1. The fourth-order valence-corrected chi connectivity index (χ4v) is 4.25. The van der Waals surface area contributed by atoms with Gasteiger partial charge in [0.1, 0.15) is 4.70 Å². The Balaban J connectivity index is 0.00000210. The lowest BCUT2D eigenvalue weighted by Gasteiger charge is -2.15. The van der Waals surface area contributed by atoms with Gasteiger partial charge in [-0.15, -0.1) is 23.7 Å². The Hall–Kier alpha value is -2.18. The lowest BCUT2D eigenvalue weighted by Crippen LogP contribution is -2.11. The van der Waals surface area contributed by atoms with Crippen molar-refractivity contribution in [1.82, 2.24) is 10.3 Å². The number of hydrogen-bond donors (Lipinski definition) is 3. The highest BCUT2D eigenvalue weighted by Crippen LogP contribution is 2.37. The Morgan fingerprint density at radius 1 is 1.15 bits per heavy atom. The molecule has 0 spiro atoms. The number of halogens is 1. The van der Waals surface area contributed by atoms with Gasteiger partial charge >= 0.3 is 0 Å². The molecule has 0 aliphatic heterocycles. The van der Waals surface area contributed by atoms with E-state index in [2.05, 4.69) is 41.5 Å². The summed E-state index contributed by atoms with van der Waals surface area (Å²) < 4.78 is 0.717. The minimum Gasteiger partial charge on any atom is -0.392 e. The van der Waals surface area contributed by atoms with E-state index in [1.54, 1.807) is 0 Å². The normalized spacial score (nSPS) is 12.3. The lowest BCUT2D eigenvalue weighted by atomic mass is 9.92. The van der Waals surface area contributed by atoms with E-state index in [9.17, 15) is 9.90 Å². The van der Waals surface area contributed by atoms with Gasteiger partial charge < -0.3 is 15.4 Å². The molecule has 2 aromatic heterocycles. The fraction of sp³-hybridized carbons (Fsp3) is 0.190. The highest BCUT2D eigenvalue weighted by Gasteiger charge is 2.15. The molecule has 6 heteroatoms. The summed E-state index contributed by atoms with van der Waals surface area (Å²) in [6.07, 6.45) is 0. The summed E-state index contributed by atoms with van der Waals surface area (Å²) in [5.41, 5.74) is 4.80. The average molecular weight is 401 g/mol. The van der Waals surface area contributed by atoms with Crippen molar-refractivity contribution in [3.8, 4) is 11.1 Å². The maximum absolute atomic E-state index is 12.3. The van der Waals surface area contributed by atoms with Gasteiger partial charge in [-0.05, 0) is 53.7 Å². The van der Waals surface area contributed by atoms with Gasteiger partial charge in [0.15, 0.2) is 0 Å². The van der Waals surface area contributed by atoms with Crippen LogP contribution in [0.3, 0.4) is 0 Å².